The maximum absolute atomic E-state index is 12.6. The Bertz CT molecular complexity index is 1040. The summed E-state index contributed by atoms with van der Waals surface area (Å²) in [5.74, 6) is 1.20. The van der Waals surface area contributed by atoms with Crippen LogP contribution < -0.4 is 15.6 Å². The third kappa shape index (κ3) is 2.76. The number of methoxy groups -OCH3 is 1. The van der Waals surface area contributed by atoms with Gasteiger partial charge in [-0.1, -0.05) is 6.07 Å². The lowest BCUT2D eigenvalue weighted by molar-refractivity contribution is 0.102. The highest BCUT2D eigenvalue weighted by atomic mass is 16.5. The van der Waals surface area contributed by atoms with E-state index < -0.39 is 0 Å². The van der Waals surface area contributed by atoms with Gasteiger partial charge in [-0.15, -0.1) is 0 Å². The number of nitrogens with one attached hydrogen (secondary N) is 1. The van der Waals surface area contributed by atoms with Crippen molar-refractivity contribution in [2.24, 2.45) is 0 Å². The van der Waals surface area contributed by atoms with Crippen molar-refractivity contribution in [2.75, 3.05) is 12.4 Å². The SMILES string of the molecule is COc1cccc(C(=O)Nc2ccc3nc4n(c(=O)c3c2)CCC4)c1. The number of amides is 1. The zero-order chi connectivity index (χ0) is 17.4. The molecule has 6 nitrogen and oxygen atoms in total. The lowest BCUT2D eigenvalue weighted by Gasteiger charge is -2.09. The number of benzene rings is 2. The number of rotatable bonds is 3. The van der Waals surface area contributed by atoms with Crippen molar-refractivity contribution in [3.05, 3.63) is 64.2 Å². The lowest BCUT2D eigenvalue weighted by Crippen LogP contribution is -2.21. The maximum Gasteiger partial charge on any atom is 0.261 e. The van der Waals surface area contributed by atoms with Crippen LogP contribution in [0.2, 0.25) is 0 Å². The summed E-state index contributed by atoms with van der Waals surface area (Å²) in [6.07, 6.45) is 1.78. The van der Waals surface area contributed by atoms with Gasteiger partial charge in [-0.05, 0) is 42.8 Å². The smallest absolute Gasteiger partial charge is 0.261 e. The summed E-state index contributed by atoms with van der Waals surface area (Å²) in [7, 11) is 1.55. The molecule has 2 aromatic carbocycles. The second-order valence-corrected chi connectivity index (χ2v) is 6.01. The predicted molar refractivity (Wildman–Crippen MR) is 95.3 cm³/mol. The van der Waals surface area contributed by atoms with E-state index in [0.717, 1.165) is 18.7 Å². The first-order valence-electron chi connectivity index (χ1n) is 8.14. The fourth-order valence-corrected chi connectivity index (χ4v) is 3.13. The first-order valence-corrected chi connectivity index (χ1v) is 8.14. The lowest BCUT2D eigenvalue weighted by atomic mass is 10.1. The fraction of sp³-hybridized carbons (Fsp3) is 0.211. The molecule has 3 aromatic rings. The molecule has 1 N–H and O–H groups in total. The van der Waals surface area contributed by atoms with Crippen molar-refractivity contribution in [1.29, 1.82) is 0 Å². The van der Waals surface area contributed by atoms with E-state index in [0.29, 0.717) is 34.4 Å². The van der Waals surface area contributed by atoms with Crippen molar-refractivity contribution in [3.8, 4) is 5.75 Å². The highest BCUT2D eigenvalue weighted by Crippen LogP contribution is 2.20. The summed E-state index contributed by atoms with van der Waals surface area (Å²) in [4.78, 5) is 29.6. The zero-order valence-corrected chi connectivity index (χ0v) is 13.8. The van der Waals surface area contributed by atoms with Crippen LogP contribution in [-0.2, 0) is 13.0 Å². The van der Waals surface area contributed by atoms with Crippen molar-refractivity contribution in [1.82, 2.24) is 9.55 Å². The van der Waals surface area contributed by atoms with Gasteiger partial charge in [0.2, 0.25) is 0 Å². The van der Waals surface area contributed by atoms with Gasteiger partial charge in [0.25, 0.3) is 11.5 Å². The van der Waals surface area contributed by atoms with E-state index in [-0.39, 0.29) is 11.5 Å². The highest BCUT2D eigenvalue weighted by Gasteiger charge is 2.16. The molecular formula is C19H17N3O3. The third-order valence-corrected chi connectivity index (χ3v) is 4.41. The van der Waals surface area contributed by atoms with E-state index in [1.165, 1.54) is 0 Å². The number of fused-ring (bicyclic) bond motifs is 2. The summed E-state index contributed by atoms with van der Waals surface area (Å²) in [6.45, 7) is 0.706. The summed E-state index contributed by atoms with van der Waals surface area (Å²) in [6, 6.07) is 12.1. The van der Waals surface area contributed by atoms with E-state index in [4.69, 9.17) is 4.74 Å². The summed E-state index contributed by atoms with van der Waals surface area (Å²) < 4.78 is 6.86. The Kier molecular flexibility index (Phi) is 3.72. The van der Waals surface area contributed by atoms with E-state index in [9.17, 15) is 9.59 Å². The van der Waals surface area contributed by atoms with Gasteiger partial charge in [-0.25, -0.2) is 4.98 Å². The summed E-state index contributed by atoms with van der Waals surface area (Å²) >= 11 is 0. The molecule has 0 saturated carbocycles. The normalized spacial score (nSPS) is 12.8. The van der Waals surface area contributed by atoms with Crippen LogP contribution >= 0.6 is 0 Å². The Morgan fingerprint density at radius 3 is 2.96 bits per heavy atom. The van der Waals surface area contributed by atoms with Gasteiger partial charge < -0.3 is 10.1 Å². The molecule has 1 aliphatic heterocycles. The van der Waals surface area contributed by atoms with Crippen LogP contribution in [0.25, 0.3) is 10.9 Å². The molecule has 0 fully saturated rings. The molecule has 0 aliphatic carbocycles. The van der Waals surface area contributed by atoms with Crippen LogP contribution in [0.1, 0.15) is 22.6 Å². The van der Waals surface area contributed by atoms with Crippen LogP contribution in [-0.4, -0.2) is 22.6 Å². The van der Waals surface area contributed by atoms with Gasteiger partial charge in [0.05, 0.1) is 18.0 Å². The van der Waals surface area contributed by atoms with Gasteiger partial charge in [0, 0.05) is 24.2 Å². The van der Waals surface area contributed by atoms with Crippen LogP contribution in [0.4, 0.5) is 5.69 Å². The maximum atomic E-state index is 12.6. The molecule has 0 atom stereocenters. The highest BCUT2D eigenvalue weighted by molar-refractivity contribution is 6.05. The van der Waals surface area contributed by atoms with E-state index in [1.54, 1.807) is 54.1 Å². The molecule has 126 valence electrons. The van der Waals surface area contributed by atoms with Crippen molar-refractivity contribution in [2.45, 2.75) is 19.4 Å². The van der Waals surface area contributed by atoms with Gasteiger partial charge in [0.1, 0.15) is 11.6 Å². The molecule has 0 spiro atoms. The molecule has 25 heavy (non-hydrogen) atoms. The number of nitrogens with zero attached hydrogens (tertiary/aromatic N) is 2. The molecule has 0 saturated heterocycles. The second-order valence-electron chi connectivity index (χ2n) is 6.01. The number of ether oxygens (including phenoxy) is 1. The Balaban J connectivity index is 1.68. The monoisotopic (exact) mass is 335 g/mol. The topological polar surface area (TPSA) is 73.2 Å². The second kappa shape index (κ2) is 6.05. The zero-order valence-electron chi connectivity index (χ0n) is 13.8. The molecule has 1 amide bonds. The number of hydrogen-bond acceptors (Lipinski definition) is 4. The molecule has 4 rings (SSSR count). The van der Waals surface area contributed by atoms with Crippen LogP contribution in [0.3, 0.4) is 0 Å². The van der Waals surface area contributed by atoms with E-state index >= 15 is 0 Å². The average molecular weight is 335 g/mol. The van der Waals surface area contributed by atoms with Gasteiger partial charge in [-0.2, -0.15) is 0 Å². The van der Waals surface area contributed by atoms with Crippen LogP contribution in [0, 0.1) is 0 Å². The third-order valence-electron chi connectivity index (χ3n) is 4.41. The summed E-state index contributed by atoms with van der Waals surface area (Å²) in [5, 5.41) is 3.35. The molecule has 1 aliphatic rings. The van der Waals surface area contributed by atoms with Gasteiger partial charge in [-0.3, -0.25) is 14.2 Å². The Hall–Kier alpha value is -3.15. The average Bonchev–Trinajstić information content (AvgIpc) is 3.11. The fourth-order valence-electron chi connectivity index (χ4n) is 3.13. The van der Waals surface area contributed by atoms with E-state index in [1.807, 2.05) is 0 Å². The molecule has 0 unspecified atom stereocenters. The number of carbonyl (C=O) groups excluding carboxylic acids is 1. The quantitative estimate of drug-likeness (QED) is 0.798. The number of carbonyl (C=O) groups is 1. The molecule has 1 aromatic heterocycles. The van der Waals surface area contributed by atoms with Gasteiger partial charge >= 0.3 is 0 Å². The predicted octanol–water partition coefficient (Wildman–Crippen LogP) is 2.60. The number of aryl methyl sites for hydroxylation is 1. The first-order chi connectivity index (χ1) is 12.2. The largest absolute Gasteiger partial charge is 0.497 e. The number of anilines is 1. The van der Waals surface area contributed by atoms with Crippen molar-refractivity contribution in [3.63, 3.8) is 0 Å². The standard InChI is InChI=1S/C19H17N3O3/c1-25-14-5-2-4-12(10-14)18(23)20-13-7-8-16-15(11-13)19(24)22-9-3-6-17(22)21-16/h2,4-5,7-8,10-11H,3,6,9H2,1H3,(H,20,23). The Morgan fingerprint density at radius 1 is 1.24 bits per heavy atom. The van der Waals surface area contributed by atoms with Crippen molar-refractivity contribution < 1.29 is 9.53 Å². The molecule has 0 bridgehead atoms. The van der Waals surface area contributed by atoms with E-state index in [2.05, 4.69) is 10.3 Å². The van der Waals surface area contributed by atoms with Crippen LogP contribution in [0.5, 0.6) is 5.75 Å². The van der Waals surface area contributed by atoms with Crippen molar-refractivity contribution >= 4 is 22.5 Å². The number of aromatic nitrogens is 2. The minimum atomic E-state index is -0.257. The first kappa shape index (κ1) is 15.4. The minimum Gasteiger partial charge on any atom is -0.497 e. The molecule has 2 heterocycles. The Morgan fingerprint density at radius 2 is 2.12 bits per heavy atom. The Labute approximate surface area is 144 Å². The van der Waals surface area contributed by atoms with Gasteiger partial charge in [0.15, 0.2) is 0 Å². The minimum absolute atomic E-state index is 0.0463. The summed E-state index contributed by atoms with van der Waals surface area (Å²) in [5.41, 5.74) is 1.67. The molecule has 6 heteroatoms. The van der Waals surface area contributed by atoms with Crippen LogP contribution in [0.15, 0.2) is 47.3 Å². The number of hydrogen-bond donors (Lipinski definition) is 1. The molecular weight excluding hydrogens is 318 g/mol. The molecule has 0 radical (unpaired) electrons.